The first-order chi connectivity index (χ1) is 11.7. The molecule has 1 aliphatic rings. The van der Waals surface area contributed by atoms with E-state index in [-0.39, 0.29) is 24.0 Å². The van der Waals surface area contributed by atoms with Crippen LogP contribution in [0.5, 0.6) is 0 Å². The zero-order valence-electron chi connectivity index (χ0n) is 15.6. The predicted molar refractivity (Wildman–Crippen MR) is 111 cm³/mol. The van der Waals surface area contributed by atoms with E-state index in [1.165, 1.54) is 0 Å². The molecule has 0 bridgehead atoms. The Morgan fingerprint density at radius 3 is 2.92 bits per heavy atom. The summed E-state index contributed by atoms with van der Waals surface area (Å²) in [5.74, 6) is 2.88. The number of halogens is 1. The van der Waals surface area contributed by atoms with E-state index in [2.05, 4.69) is 49.3 Å². The number of hydrogen-bond donors (Lipinski definition) is 2. The number of rotatable bonds is 10. The van der Waals surface area contributed by atoms with Gasteiger partial charge >= 0.3 is 0 Å². The Morgan fingerprint density at radius 1 is 1.32 bits per heavy atom. The smallest absolute Gasteiger partial charge is 0.191 e. The number of aliphatic imine (C=N–C) groups is 1. The number of hydrogen-bond acceptors (Lipinski definition) is 5. The van der Waals surface area contributed by atoms with Crippen molar-refractivity contribution >= 4 is 29.9 Å². The van der Waals surface area contributed by atoms with Gasteiger partial charge in [-0.15, -0.1) is 34.2 Å². The number of aryl methyl sites for hydroxylation is 1. The second kappa shape index (κ2) is 12.4. The quantitative estimate of drug-likeness (QED) is 0.231. The van der Waals surface area contributed by atoms with Crippen molar-refractivity contribution in [1.82, 2.24) is 30.3 Å². The number of methoxy groups -OCH3 is 1. The summed E-state index contributed by atoms with van der Waals surface area (Å²) in [5, 5.41) is 15.1. The van der Waals surface area contributed by atoms with Gasteiger partial charge in [0.1, 0.15) is 12.4 Å². The molecule has 2 rings (SSSR count). The van der Waals surface area contributed by atoms with Crippen LogP contribution < -0.4 is 10.6 Å². The first kappa shape index (κ1) is 22.1. The highest BCUT2D eigenvalue weighted by Gasteiger charge is 2.16. The number of likely N-dealkylation sites (N-methyl/N-ethyl adjacent to an activating group) is 1. The molecule has 1 aromatic heterocycles. The lowest BCUT2D eigenvalue weighted by Crippen LogP contribution is -2.41. The Hall–Kier alpha value is -0.940. The lowest BCUT2D eigenvalue weighted by molar-refractivity contribution is 0.180. The molecule has 0 saturated heterocycles. The van der Waals surface area contributed by atoms with Gasteiger partial charge in [-0.3, -0.25) is 0 Å². The van der Waals surface area contributed by atoms with Crippen LogP contribution in [0.2, 0.25) is 0 Å². The largest absolute Gasteiger partial charge is 0.385 e. The summed E-state index contributed by atoms with van der Waals surface area (Å²) in [6.07, 6.45) is 3.25. The lowest BCUT2D eigenvalue weighted by Gasteiger charge is -2.18. The molecule has 144 valence electrons. The number of fused-ring (bicyclic) bond motifs is 1. The fourth-order valence-electron chi connectivity index (χ4n) is 2.77. The average molecular weight is 465 g/mol. The molecule has 0 saturated carbocycles. The number of guanidine groups is 1. The van der Waals surface area contributed by atoms with Gasteiger partial charge in [-0.25, -0.2) is 4.99 Å². The molecule has 0 amide bonds. The minimum atomic E-state index is 0. The molecule has 0 atom stereocenters. The number of ether oxygens (including phenoxy) is 1. The molecule has 1 aliphatic heterocycles. The monoisotopic (exact) mass is 465 g/mol. The van der Waals surface area contributed by atoms with Crippen LogP contribution in [0, 0.1) is 0 Å². The third kappa shape index (κ3) is 7.45. The average Bonchev–Trinajstić information content (AvgIpc) is 3.17. The number of nitrogens with one attached hydrogen (secondary N) is 2. The van der Waals surface area contributed by atoms with Crippen molar-refractivity contribution < 1.29 is 4.74 Å². The van der Waals surface area contributed by atoms with Crippen molar-refractivity contribution in [3.05, 3.63) is 11.6 Å². The molecule has 0 radical (unpaired) electrons. The summed E-state index contributed by atoms with van der Waals surface area (Å²) in [6.45, 7) is 8.16. The van der Waals surface area contributed by atoms with Gasteiger partial charge in [0.05, 0.1) is 0 Å². The van der Waals surface area contributed by atoms with E-state index in [4.69, 9.17) is 4.74 Å². The van der Waals surface area contributed by atoms with Crippen molar-refractivity contribution in [3.8, 4) is 0 Å². The molecule has 8 nitrogen and oxygen atoms in total. The van der Waals surface area contributed by atoms with E-state index in [0.29, 0.717) is 6.54 Å². The second-order valence-corrected chi connectivity index (χ2v) is 6.06. The molecule has 9 heteroatoms. The summed E-state index contributed by atoms with van der Waals surface area (Å²) in [6, 6.07) is 0. The van der Waals surface area contributed by atoms with Crippen LogP contribution >= 0.6 is 24.0 Å². The van der Waals surface area contributed by atoms with E-state index in [0.717, 1.165) is 76.2 Å². The van der Waals surface area contributed by atoms with Gasteiger partial charge in [0.2, 0.25) is 0 Å². The van der Waals surface area contributed by atoms with Crippen LogP contribution in [-0.4, -0.2) is 72.6 Å². The van der Waals surface area contributed by atoms with Gasteiger partial charge < -0.3 is 24.8 Å². The molecule has 25 heavy (non-hydrogen) atoms. The SMILES string of the molecule is CCNC(=NCc1nnc2n1CCC2)NCCN(C)CCCOC.I. The Balaban J connectivity index is 0.00000312. The summed E-state index contributed by atoms with van der Waals surface area (Å²) >= 11 is 0. The maximum absolute atomic E-state index is 5.08. The number of nitrogens with zero attached hydrogens (tertiary/aromatic N) is 5. The van der Waals surface area contributed by atoms with Crippen molar-refractivity contribution in [2.24, 2.45) is 4.99 Å². The molecule has 0 fully saturated rings. The summed E-state index contributed by atoms with van der Waals surface area (Å²) in [5.41, 5.74) is 0. The van der Waals surface area contributed by atoms with Crippen LogP contribution in [0.25, 0.3) is 0 Å². The van der Waals surface area contributed by atoms with Gasteiger partial charge in [0, 0.05) is 52.9 Å². The van der Waals surface area contributed by atoms with E-state index in [1.807, 2.05) is 0 Å². The highest BCUT2D eigenvalue weighted by atomic mass is 127. The van der Waals surface area contributed by atoms with Crippen molar-refractivity contribution in [2.45, 2.75) is 39.3 Å². The van der Waals surface area contributed by atoms with Crippen molar-refractivity contribution in [2.75, 3.05) is 46.9 Å². The molecule has 0 spiro atoms. The summed E-state index contributed by atoms with van der Waals surface area (Å²) < 4.78 is 7.27. The second-order valence-electron chi connectivity index (χ2n) is 6.06. The predicted octanol–water partition coefficient (Wildman–Crippen LogP) is 0.866. The number of aromatic nitrogens is 3. The molecular weight excluding hydrogens is 433 g/mol. The first-order valence-electron chi connectivity index (χ1n) is 8.85. The summed E-state index contributed by atoms with van der Waals surface area (Å²) in [4.78, 5) is 6.93. The highest BCUT2D eigenvalue weighted by molar-refractivity contribution is 14.0. The Kier molecular flexibility index (Phi) is 11.0. The van der Waals surface area contributed by atoms with Crippen molar-refractivity contribution in [1.29, 1.82) is 0 Å². The van der Waals surface area contributed by atoms with E-state index < -0.39 is 0 Å². The lowest BCUT2D eigenvalue weighted by atomic mass is 10.4. The van der Waals surface area contributed by atoms with Gasteiger partial charge in [0.15, 0.2) is 11.8 Å². The van der Waals surface area contributed by atoms with E-state index >= 15 is 0 Å². The molecule has 0 aliphatic carbocycles. The Morgan fingerprint density at radius 2 is 2.16 bits per heavy atom. The summed E-state index contributed by atoms with van der Waals surface area (Å²) in [7, 11) is 3.87. The Labute approximate surface area is 167 Å². The van der Waals surface area contributed by atoms with Gasteiger partial charge in [-0.1, -0.05) is 0 Å². The topological polar surface area (TPSA) is 79.6 Å². The Bertz CT molecular complexity index is 521. The maximum atomic E-state index is 5.08. The molecule has 0 aromatic carbocycles. The fraction of sp³-hybridized carbons (Fsp3) is 0.812. The van der Waals surface area contributed by atoms with Gasteiger partial charge in [-0.2, -0.15) is 0 Å². The van der Waals surface area contributed by atoms with Crippen molar-refractivity contribution in [3.63, 3.8) is 0 Å². The third-order valence-electron chi connectivity index (χ3n) is 4.08. The first-order valence-corrected chi connectivity index (χ1v) is 8.85. The van der Waals surface area contributed by atoms with Crippen LogP contribution in [0.4, 0.5) is 0 Å². The van der Waals surface area contributed by atoms with Crippen LogP contribution in [-0.2, 0) is 24.2 Å². The molecular formula is C16H32IN7O. The molecule has 0 unspecified atom stereocenters. The normalized spacial score (nSPS) is 13.7. The standard InChI is InChI=1S/C16H31N7O.HI/c1-4-17-16(18-8-11-22(2)9-6-12-24-3)19-13-15-21-20-14-7-5-10-23(14)15;/h4-13H2,1-3H3,(H2,17,18,19);1H. The molecule has 1 aromatic rings. The van der Waals surface area contributed by atoms with Gasteiger partial charge in [-0.05, 0) is 26.8 Å². The zero-order chi connectivity index (χ0) is 17.2. The van der Waals surface area contributed by atoms with E-state index in [9.17, 15) is 0 Å². The minimum absolute atomic E-state index is 0. The zero-order valence-corrected chi connectivity index (χ0v) is 18.0. The molecule has 2 N–H and O–H groups in total. The van der Waals surface area contributed by atoms with E-state index in [1.54, 1.807) is 7.11 Å². The third-order valence-corrected chi connectivity index (χ3v) is 4.08. The molecule has 2 heterocycles. The van der Waals surface area contributed by atoms with Crippen LogP contribution in [0.3, 0.4) is 0 Å². The highest BCUT2D eigenvalue weighted by Crippen LogP contribution is 2.14. The van der Waals surface area contributed by atoms with Crippen LogP contribution in [0.15, 0.2) is 4.99 Å². The fourth-order valence-corrected chi connectivity index (χ4v) is 2.77. The van der Waals surface area contributed by atoms with Gasteiger partial charge in [0.25, 0.3) is 0 Å². The maximum Gasteiger partial charge on any atom is 0.191 e. The van der Waals surface area contributed by atoms with Crippen LogP contribution in [0.1, 0.15) is 31.4 Å². The minimum Gasteiger partial charge on any atom is -0.385 e.